The lowest BCUT2D eigenvalue weighted by molar-refractivity contribution is 0.282. The molecule has 0 amide bonds. The van der Waals surface area contributed by atoms with Gasteiger partial charge in [0.05, 0.1) is 0 Å². The molecular weight excluding hydrogens is 328 g/mol. The van der Waals surface area contributed by atoms with Gasteiger partial charge in [0.2, 0.25) is 0 Å². The summed E-state index contributed by atoms with van der Waals surface area (Å²) >= 11 is 0. The molecule has 2 aromatic rings. The van der Waals surface area contributed by atoms with Gasteiger partial charge in [-0.25, -0.2) is 0 Å². The van der Waals surface area contributed by atoms with Gasteiger partial charge in [0.1, 0.15) is 0 Å². The van der Waals surface area contributed by atoms with Crippen LogP contribution in [0.15, 0.2) is 60.7 Å². The van der Waals surface area contributed by atoms with Crippen molar-refractivity contribution >= 4 is 0 Å². The molecule has 1 aliphatic rings. The Labute approximate surface area is 165 Å². The molecule has 2 nitrogen and oxygen atoms in total. The minimum Gasteiger partial charge on any atom is -0.315 e. The normalized spacial score (nSPS) is 16.5. The average molecular weight is 365 g/mol. The Hall–Kier alpha value is -1.64. The summed E-state index contributed by atoms with van der Waals surface area (Å²) in [6, 6.07) is 22.5. The van der Waals surface area contributed by atoms with Gasteiger partial charge in [-0.1, -0.05) is 79.9 Å². The van der Waals surface area contributed by atoms with Crippen molar-refractivity contribution in [2.75, 3.05) is 19.6 Å². The van der Waals surface area contributed by atoms with Crippen LogP contribution in [-0.4, -0.2) is 25.7 Å². The van der Waals surface area contributed by atoms with E-state index in [0.717, 1.165) is 32.0 Å². The van der Waals surface area contributed by atoms with Gasteiger partial charge in [-0.2, -0.15) is 0 Å². The Morgan fingerprint density at radius 2 is 1.37 bits per heavy atom. The molecular formula is C25H36N2. The number of rotatable bonds is 10. The van der Waals surface area contributed by atoms with Crippen LogP contribution in [0.25, 0.3) is 0 Å². The zero-order valence-electron chi connectivity index (χ0n) is 16.9. The fourth-order valence-corrected chi connectivity index (χ4v) is 4.46. The summed E-state index contributed by atoms with van der Waals surface area (Å²) in [4.78, 5) is 0. The zero-order chi connectivity index (χ0) is 18.7. The van der Waals surface area contributed by atoms with Crippen LogP contribution in [0.1, 0.15) is 62.5 Å². The minimum atomic E-state index is 0.467. The van der Waals surface area contributed by atoms with Gasteiger partial charge in [-0.15, -0.1) is 0 Å². The predicted octanol–water partition coefficient (Wildman–Crippen LogP) is 5.36. The monoisotopic (exact) mass is 364 g/mol. The first-order valence-corrected chi connectivity index (χ1v) is 10.9. The summed E-state index contributed by atoms with van der Waals surface area (Å²) < 4.78 is 0. The van der Waals surface area contributed by atoms with Crippen molar-refractivity contribution in [3.63, 3.8) is 0 Å². The lowest BCUT2D eigenvalue weighted by Crippen LogP contribution is -2.38. The van der Waals surface area contributed by atoms with Gasteiger partial charge in [0, 0.05) is 25.0 Å². The zero-order valence-corrected chi connectivity index (χ0v) is 16.9. The molecule has 1 fully saturated rings. The van der Waals surface area contributed by atoms with E-state index < -0.39 is 0 Å². The third kappa shape index (κ3) is 6.48. The molecule has 0 spiro atoms. The molecule has 0 aliphatic heterocycles. The molecule has 146 valence electrons. The van der Waals surface area contributed by atoms with Gasteiger partial charge in [-0.05, 0) is 49.8 Å². The highest BCUT2D eigenvalue weighted by molar-refractivity contribution is 5.32. The first kappa shape index (κ1) is 20.1. The summed E-state index contributed by atoms with van der Waals surface area (Å²) in [6.07, 6.45) is 8.25. The second-order valence-electron chi connectivity index (χ2n) is 8.05. The topological polar surface area (TPSA) is 24.1 Å². The third-order valence-corrected chi connectivity index (χ3v) is 6.14. The van der Waals surface area contributed by atoms with E-state index in [1.54, 1.807) is 0 Å². The maximum atomic E-state index is 3.74. The second-order valence-corrected chi connectivity index (χ2v) is 8.05. The van der Waals surface area contributed by atoms with E-state index in [0.29, 0.717) is 12.0 Å². The number of nitrogens with one attached hydrogen (secondary N) is 2. The Bertz CT molecular complexity index is 580. The molecule has 27 heavy (non-hydrogen) atoms. The smallest absolute Gasteiger partial charge is 0.0101 e. The van der Waals surface area contributed by atoms with E-state index >= 15 is 0 Å². The summed E-state index contributed by atoms with van der Waals surface area (Å²) in [7, 11) is 0. The van der Waals surface area contributed by atoms with E-state index in [2.05, 4.69) is 78.2 Å². The maximum absolute atomic E-state index is 3.74. The SMILES string of the molecule is C[C@H](NCCNCCC(c1ccccc1)c1ccccc1)C1CCCCC1. The quantitative estimate of drug-likeness (QED) is 0.555. The molecule has 0 bridgehead atoms. The molecule has 0 saturated heterocycles. The van der Waals surface area contributed by atoms with Crippen molar-refractivity contribution in [1.29, 1.82) is 0 Å². The largest absolute Gasteiger partial charge is 0.315 e. The third-order valence-electron chi connectivity index (χ3n) is 6.14. The van der Waals surface area contributed by atoms with Gasteiger partial charge < -0.3 is 10.6 Å². The van der Waals surface area contributed by atoms with Crippen LogP contribution in [-0.2, 0) is 0 Å². The molecule has 3 rings (SSSR count). The van der Waals surface area contributed by atoms with Crippen LogP contribution in [0.3, 0.4) is 0 Å². The van der Waals surface area contributed by atoms with Crippen LogP contribution in [0.5, 0.6) is 0 Å². The molecule has 2 heteroatoms. The van der Waals surface area contributed by atoms with Crippen molar-refractivity contribution in [1.82, 2.24) is 10.6 Å². The maximum Gasteiger partial charge on any atom is 0.0101 e. The van der Waals surface area contributed by atoms with Crippen molar-refractivity contribution < 1.29 is 0 Å². The van der Waals surface area contributed by atoms with Crippen molar-refractivity contribution in [2.45, 2.75) is 57.4 Å². The van der Waals surface area contributed by atoms with E-state index in [-0.39, 0.29) is 0 Å². The number of hydrogen-bond acceptors (Lipinski definition) is 2. The Balaban J connectivity index is 1.40. The van der Waals surface area contributed by atoms with Gasteiger partial charge in [-0.3, -0.25) is 0 Å². The molecule has 1 aliphatic carbocycles. The highest BCUT2D eigenvalue weighted by atomic mass is 15.0. The van der Waals surface area contributed by atoms with Gasteiger partial charge in [0.25, 0.3) is 0 Å². The van der Waals surface area contributed by atoms with Crippen LogP contribution in [0.2, 0.25) is 0 Å². The van der Waals surface area contributed by atoms with Crippen molar-refractivity contribution in [2.24, 2.45) is 5.92 Å². The van der Waals surface area contributed by atoms with Crippen molar-refractivity contribution in [3.05, 3.63) is 71.8 Å². The highest BCUT2D eigenvalue weighted by Crippen LogP contribution is 2.27. The first-order valence-electron chi connectivity index (χ1n) is 10.9. The van der Waals surface area contributed by atoms with Gasteiger partial charge >= 0.3 is 0 Å². The summed E-state index contributed by atoms with van der Waals surface area (Å²) in [5, 5.41) is 7.39. The molecule has 2 aromatic carbocycles. The first-order chi connectivity index (χ1) is 13.3. The van der Waals surface area contributed by atoms with E-state index in [9.17, 15) is 0 Å². The van der Waals surface area contributed by atoms with Gasteiger partial charge in [0.15, 0.2) is 0 Å². The van der Waals surface area contributed by atoms with E-state index in [4.69, 9.17) is 0 Å². The number of hydrogen-bond donors (Lipinski definition) is 2. The van der Waals surface area contributed by atoms with Crippen LogP contribution in [0, 0.1) is 5.92 Å². The predicted molar refractivity (Wildman–Crippen MR) is 116 cm³/mol. The van der Waals surface area contributed by atoms with Crippen LogP contribution in [0.4, 0.5) is 0 Å². The fraction of sp³-hybridized carbons (Fsp3) is 0.520. The fourth-order valence-electron chi connectivity index (χ4n) is 4.46. The second kappa shape index (κ2) is 11.3. The lowest BCUT2D eigenvalue weighted by Gasteiger charge is -2.28. The molecule has 0 aromatic heterocycles. The average Bonchev–Trinajstić information content (AvgIpc) is 2.75. The molecule has 1 saturated carbocycles. The van der Waals surface area contributed by atoms with E-state index in [1.807, 2.05) is 0 Å². The molecule has 0 unspecified atom stereocenters. The summed E-state index contributed by atoms with van der Waals surface area (Å²) in [5.74, 6) is 1.35. The molecule has 2 N–H and O–H groups in total. The molecule has 1 atom stereocenters. The number of benzene rings is 2. The van der Waals surface area contributed by atoms with Crippen molar-refractivity contribution in [3.8, 4) is 0 Å². The Kier molecular flexibility index (Phi) is 8.38. The van der Waals surface area contributed by atoms with E-state index in [1.165, 1.54) is 43.2 Å². The standard InChI is InChI=1S/C25H36N2/c1-21(22-11-5-2-6-12-22)27-20-19-26-18-17-25(23-13-7-3-8-14-23)24-15-9-4-10-16-24/h3-4,7-10,13-16,21-22,25-27H,2,5-6,11-12,17-20H2,1H3/t21-/m0/s1. The molecule has 0 heterocycles. The molecule has 0 radical (unpaired) electrons. The lowest BCUT2D eigenvalue weighted by atomic mass is 9.84. The summed E-state index contributed by atoms with van der Waals surface area (Å²) in [5.41, 5.74) is 2.82. The van der Waals surface area contributed by atoms with Crippen LogP contribution < -0.4 is 10.6 Å². The minimum absolute atomic E-state index is 0.467. The summed E-state index contributed by atoms with van der Waals surface area (Å²) in [6.45, 7) is 5.54. The van der Waals surface area contributed by atoms with Crippen LogP contribution >= 0.6 is 0 Å². The Morgan fingerprint density at radius 1 is 0.778 bits per heavy atom. The Morgan fingerprint density at radius 3 is 1.96 bits per heavy atom. The highest BCUT2D eigenvalue weighted by Gasteiger charge is 2.19.